The second-order valence-electron chi connectivity index (χ2n) is 5.99. The largest absolute Gasteiger partial charge is 0.449 e. The van der Waals surface area contributed by atoms with Gasteiger partial charge in [0.1, 0.15) is 0 Å². The Morgan fingerprint density at radius 1 is 1.43 bits per heavy atom. The highest BCUT2D eigenvalue weighted by atomic mass is 35.5. The van der Waals surface area contributed by atoms with Crippen molar-refractivity contribution in [3.8, 4) is 0 Å². The minimum Gasteiger partial charge on any atom is -0.449 e. The van der Waals surface area contributed by atoms with Crippen LogP contribution in [-0.2, 0) is 0 Å². The topological polar surface area (TPSA) is 62.5 Å². The number of benzene rings is 1. The van der Waals surface area contributed by atoms with Crippen molar-refractivity contribution in [1.82, 2.24) is 5.32 Å². The zero-order valence-electron chi connectivity index (χ0n) is 12.5. The van der Waals surface area contributed by atoms with Crippen molar-refractivity contribution in [2.75, 3.05) is 13.2 Å². The van der Waals surface area contributed by atoms with Crippen molar-refractivity contribution < 1.29 is 14.3 Å². The van der Waals surface area contributed by atoms with Gasteiger partial charge in [-0.3, -0.25) is 4.79 Å². The first kappa shape index (κ1) is 15.9. The number of rotatable bonds is 5. The van der Waals surface area contributed by atoms with Crippen molar-refractivity contribution in [2.45, 2.75) is 27.2 Å². The molecule has 2 N–H and O–H groups in total. The number of hydrogen-bond acceptors (Lipinski definition) is 3. The molecule has 0 spiro atoms. The molecule has 0 fully saturated rings. The van der Waals surface area contributed by atoms with Gasteiger partial charge in [0.2, 0.25) is 0 Å². The van der Waals surface area contributed by atoms with Gasteiger partial charge in [0.25, 0.3) is 5.91 Å². The summed E-state index contributed by atoms with van der Waals surface area (Å²) >= 11 is 6.08. The van der Waals surface area contributed by atoms with Gasteiger partial charge < -0.3 is 14.8 Å². The molecule has 2 rings (SSSR count). The predicted molar refractivity (Wildman–Crippen MR) is 83.8 cm³/mol. The fraction of sp³-hybridized carbons (Fsp3) is 0.438. The molecular formula is C16H20ClNO3. The van der Waals surface area contributed by atoms with Gasteiger partial charge in [-0.1, -0.05) is 37.6 Å². The van der Waals surface area contributed by atoms with Gasteiger partial charge in [-0.2, -0.15) is 0 Å². The molecule has 0 saturated heterocycles. The summed E-state index contributed by atoms with van der Waals surface area (Å²) in [4.78, 5) is 12.3. The average molecular weight is 310 g/mol. The average Bonchev–Trinajstić information content (AvgIpc) is 2.76. The molecule has 1 heterocycles. The van der Waals surface area contributed by atoms with E-state index in [1.807, 2.05) is 32.9 Å². The number of amides is 1. The molecule has 5 heteroatoms. The highest BCUT2D eigenvalue weighted by molar-refractivity contribution is 6.35. The van der Waals surface area contributed by atoms with Crippen LogP contribution in [0.4, 0.5) is 0 Å². The number of aryl methyl sites for hydroxylation is 1. The molecule has 1 amide bonds. The third-order valence-corrected chi connectivity index (χ3v) is 3.94. The molecular weight excluding hydrogens is 290 g/mol. The Morgan fingerprint density at radius 2 is 2.14 bits per heavy atom. The number of furan rings is 1. The van der Waals surface area contributed by atoms with E-state index < -0.39 is 0 Å². The monoisotopic (exact) mass is 309 g/mol. The Labute approximate surface area is 129 Å². The van der Waals surface area contributed by atoms with Crippen LogP contribution in [0.15, 0.2) is 22.6 Å². The quantitative estimate of drug-likeness (QED) is 0.888. The SMILES string of the molecule is Cc1c(C(=O)NCC(C)(C)CCO)oc2c(Cl)cccc12. The van der Waals surface area contributed by atoms with Crippen molar-refractivity contribution >= 4 is 28.5 Å². The molecule has 114 valence electrons. The fourth-order valence-electron chi connectivity index (χ4n) is 2.22. The maximum absolute atomic E-state index is 12.3. The van der Waals surface area contributed by atoms with E-state index in [1.165, 1.54) is 0 Å². The summed E-state index contributed by atoms with van der Waals surface area (Å²) in [6.07, 6.45) is 0.623. The van der Waals surface area contributed by atoms with Gasteiger partial charge in [-0.05, 0) is 24.8 Å². The van der Waals surface area contributed by atoms with E-state index in [4.69, 9.17) is 21.1 Å². The molecule has 1 aromatic heterocycles. The number of halogens is 1. The van der Waals surface area contributed by atoms with Crippen LogP contribution in [0.25, 0.3) is 11.0 Å². The smallest absolute Gasteiger partial charge is 0.287 e. The molecule has 0 aliphatic heterocycles. The van der Waals surface area contributed by atoms with Crippen LogP contribution >= 0.6 is 11.6 Å². The van der Waals surface area contributed by atoms with Gasteiger partial charge in [-0.25, -0.2) is 0 Å². The lowest BCUT2D eigenvalue weighted by molar-refractivity contribution is 0.0902. The standard InChI is InChI=1S/C16H20ClNO3/c1-10-11-5-4-6-12(17)14(11)21-13(10)15(20)18-9-16(2,3)7-8-19/h4-6,19H,7-9H2,1-3H3,(H,18,20). The second kappa shape index (κ2) is 6.08. The summed E-state index contributed by atoms with van der Waals surface area (Å²) in [6, 6.07) is 5.45. The molecule has 0 radical (unpaired) electrons. The van der Waals surface area contributed by atoms with Crippen LogP contribution in [-0.4, -0.2) is 24.2 Å². The normalized spacial score (nSPS) is 11.9. The van der Waals surface area contributed by atoms with Crippen molar-refractivity contribution in [1.29, 1.82) is 0 Å². The zero-order valence-corrected chi connectivity index (χ0v) is 13.3. The van der Waals surface area contributed by atoms with Gasteiger partial charge in [0.15, 0.2) is 11.3 Å². The molecule has 0 bridgehead atoms. The molecule has 0 saturated carbocycles. The zero-order chi connectivity index (χ0) is 15.6. The number of fused-ring (bicyclic) bond motifs is 1. The summed E-state index contributed by atoms with van der Waals surface area (Å²) in [6.45, 7) is 6.40. The van der Waals surface area contributed by atoms with Gasteiger partial charge in [0, 0.05) is 24.1 Å². The van der Waals surface area contributed by atoms with E-state index in [-0.39, 0.29) is 23.7 Å². The summed E-state index contributed by atoms with van der Waals surface area (Å²) in [5.74, 6) is 0.0312. The Bertz CT molecular complexity index is 661. The Kier molecular flexibility index (Phi) is 4.59. The van der Waals surface area contributed by atoms with E-state index in [9.17, 15) is 4.79 Å². The number of aliphatic hydroxyl groups excluding tert-OH is 1. The first-order valence-electron chi connectivity index (χ1n) is 6.92. The molecule has 21 heavy (non-hydrogen) atoms. The number of carbonyl (C=O) groups is 1. The summed E-state index contributed by atoms with van der Waals surface area (Å²) < 4.78 is 5.62. The molecule has 0 aliphatic rings. The number of nitrogens with one attached hydrogen (secondary N) is 1. The summed E-state index contributed by atoms with van der Waals surface area (Å²) in [7, 11) is 0. The highest BCUT2D eigenvalue weighted by Crippen LogP contribution is 2.30. The lowest BCUT2D eigenvalue weighted by Gasteiger charge is -2.23. The fourth-order valence-corrected chi connectivity index (χ4v) is 2.43. The summed E-state index contributed by atoms with van der Waals surface area (Å²) in [5.41, 5.74) is 1.16. The third-order valence-electron chi connectivity index (χ3n) is 3.64. The Morgan fingerprint density at radius 3 is 2.76 bits per heavy atom. The number of aliphatic hydroxyl groups is 1. The van der Waals surface area contributed by atoms with Gasteiger partial charge in [0.05, 0.1) is 5.02 Å². The maximum Gasteiger partial charge on any atom is 0.287 e. The number of para-hydroxylation sites is 1. The molecule has 1 aromatic carbocycles. The Balaban J connectivity index is 2.20. The minimum atomic E-state index is -0.259. The third kappa shape index (κ3) is 3.39. The summed E-state index contributed by atoms with van der Waals surface area (Å²) in [5, 5.41) is 13.2. The first-order chi connectivity index (χ1) is 9.85. The second-order valence-corrected chi connectivity index (χ2v) is 6.40. The van der Waals surface area contributed by atoms with Crippen LogP contribution in [0, 0.1) is 12.3 Å². The van der Waals surface area contributed by atoms with Crippen molar-refractivity contribution in [3.05, 3.63) is 34.5 Å². The van der Waals surface area contributed by atoms with Gasteiger partial charge >= 0.3 is 0 Å². The Hall–Kier alpha value is -1.52. The molecule has 0 aliphatic carbocycles. The minimum absolute atomic E-state index is 0.0993. The molecule has 0 atom stereocenters. The molecule has 0 unspecified atom stereocenters. The van der Waals surface area contributed by atoms with Crippen LogP contribution in [0.3, 0.4) is 0 Å². The van der Waals surface area contributed by atoms with E-state index in [0.29, 0.717) is 23.6 Å². The van der Waals surface area contributed by atoms with E-state index in [1.54, 1.807) is 6.07 Å². The molecule has 4 nitrogen and oxygen atoms in total. The van der Waals surface area contributed by atoms with Crippen molar-refractivity contribution in [2.24, 2.45) is 5.41 Å². The number of hydrogen-bond donors (Lipinski definition) is 2. The maximum atomic E-state index is 12.3. The first-order valence-corrected chi connectivity index (χ1v) is 7.30. The van der Waals surface area contributed by atoms with Crippen LogP contribution in [0.5, 0.6) is 0 Å². The lowest BCUT2D eigenvalue weighted by atomic mass is 9.90. The van der Waals surface area contributed by atoms with Crippen LogP contribution < -0.4 is 5.32 Å². The van der Waals surface area contributed by atoms with E-state index in [0.717, 1.165) is 10.9 Å². The molecule has 2 aromatic rings. The van der Waals surface area contributed by atoms with E-state index >= 15 is 0 Å². The predicted octanol–water partition coefficient (Wildman–Crippen LogP) is 3.53. The number of carbonyl (C=O) groups excluding carboxylic acids is 1. The van der Waals surface area contributed by atoms with Crippen LogP contribution in [0.1, 0.15) is 36.4 Å². The van der Waals surface area contributed by atoms with Crippen LogP contribution in [0.2, 0.25) is 5.02 Å². The van der Waals surface area contributed by atoms with E-state index in [2.05, 4.69) is 5.32 Å². The lowest BCUT2D eigenvalue weighted by Crippen LogP contribution is -2.34. The van der Waals surface area contributed by atoms with Gasteiger partial charge in [-0.15, -0.1) is 0 Å². The van der Waals surface area contributed by atoms with Crippen molar-refractivity contribution in [3.63, 3.8) is 0 Å². The highest BCUT2D eigenvalue weighted by Gasteiger charge is 2.22.